The van der Waals surface area contributed by atoms with E-state index < -0.39 is 0 Å². The summed E-state index contributed by atoms with van der Waals surface area (Å²) in [5.74, 6) is 0.603. The molecule has 1 fully saturated rings. The van der Waals surface area contributed by atoms with Crippen LogP contribution in [0.15, 0.2) is 22.1 Å². The molecule has 2 nitrogen and oxygen atoms in total. The van der Waals surface area contributed by atoms with Crippen molar-refractivity contribution in [2.75, 3.05) is 5.75 Å². The molecule has 1 saturated heterocycles. The summed E-state index contributed by atoms with van der Waals surface area (Å²) in [6, 6.07) is 4.25. The fraction of sp³-hybridized carbons (Fsp3) is 0.529. The van der Waals surface area contributed by atoms with E-state index in [-0.39, 0.29) is 18.3 Å². The molecule has 0 saturated carbocycles. The Hall–Kier alpha value is -0.225. The smallest absolute Gasteiger partial charge is 0.400 e. The van der Waals surface area contributed by atoms with Crippen LogP contribution in [-0.2, 0) is 9.31 Å². The second-order valence-electron chi connectivity index (χ2n) is 6.92. The van der Waals surface area contributed by atoms with E-state index in [1.165, 1.54) is 16.7 Å². The van der Waals surface area contributed by atoms with Crippen molar-refractivity contribution in [2.45, 2.75) is 52.7 Å². The van der Waals surface area contributed by atoms with E-state index in [1.807, 2.05) is 0 Å². The van der Waals surface area contributed by atoms with E-state index in [4.69, 9.17) is 9.31 Å². The third-order valence-electron chi connectivity index (χ3n) is 4.63. The van der Waals surface area contributed by atoms with Gasteiger partial charge in [-0.3, -0.25) is 0 Å². The Morgan fingerprint density at radius 2 is 1.59 bits per heavy atom. The molecule has 0 unspecified atom stereocenters. The summed E-state index contributed by atoms with van der Waals surface area (Å²) in [6.07, 6.45) is 2.16. The Morgan fingerprint density at radius 1 is 1.14 bits per heavy atom. The van der Waals surface area contributed by atoms with Crippen molar-refractivity contribution in [3.8, 4) is 0 Å². The van der Waals surface area contributed by atoms with E-state index in [1.54, 1.807) is 0 Å². The van der Waals surface area contributed by atoms with E-state index >= 15 is 0 Å². The first-order chi connectivity index (χ1) is 10.1. The molecule has 0 amide bonds. The van der Waals surface area contributed by atoms with Crippen molar-refractivity contribution >= 4 is 41.8 Å². The molecular weight excluding hydrogens is 359 g/mol. The summed E-state index contributed by atoms with van der Waals surface area (Å²) >= 11 is 8.03. The molecule has 5 heteroatoms. The van der Waals surface area contributed by atoms with Crippen LogP contribution in [-0.4, -0.2) is 24.1 Å². The number of halogens is 1. The minimum Gasteiger partial charge on any atom is -0.400 e. The summed E-state index contributed by atoms with van der Waals surface area (Å²) in [6.45, 7) is 12.5. The molecule has 0 atom stereocenters. The largest absolute Gasteiger partial charge is 0.491 e. The van der Waals surface area contributed by atoms with Crippen LogP contribution in [0.1, 0.15) is 44.4 Å². The van der Waals surface area contributed by atoms with E-state index in [2.05, 4.69) is 88.3 Å². The first kappa shape index (κ1) is 18.1. The van der Waals surface area contributed by atoms with Gasteiger partial charge in [-0.1, -0.05) is 22.0 Å². The lowest BCUT2D eigenvalue weighted by molar-refractivity contribution is 0.00578. The third kappa shape index (κ3) is 3.48. The van der Waals surface area contributed by atoms with Gasteiger partial charge in [0.2, 0.25) is 0 Å². The van der Waals surface area contributed by atoms with Gasteiger partial charge < -0.3 is 9.31 Å². The van der Waals surface area contributed by atoms with Crippen LogP contribution in [0.2, 0.25) is 0 Å². The second kappa shape index (κ2) is 6.35. The highest BCUT2D eigenvalue weighted by Crippen LogP contribution is 2.39. The van der Waals surface area contributed by atoms with Gasteiger partial charge in [-0.15, -0.1) is 0 Å². The van der Waals surface area contributed by atoms with Gasteiger partial charge in [0.15, 0.2) is 0 Å². The van der Waals surface area contributed by atoms with Crippen molar-refractivity contribution in [3.63, 3.8) is 0 Å². The van der Waals surface area contributed by atoms with Crippen LogP contribution in [0.5, 0.6) is 0 Å². The predicted molar refractivity (Wildman–Crippen MR) is 102 cm³/mol. The molecule has 1 aromatic rings. The van der Waals surface area contributed by atoms with Gasteiger partial charge in [-0.25, -0.2) is 0 Å². The standard InChI is InChI=1S/C17H24BBrO2S/c1-11-7-14(19)8-12(2)15(11)9-13(10-22)18-20-16(3,4)17(5,6)21-18/h7-9,22H,10H2,1-6H3. The lowest BCUT2D eigenvalue weighted by Crippen LogP contribution is -2.41. The van der Waals surface area contributed by atoms with Crippen molar-refractivity contribution in [1.29, 1.82) is 0 Å². The number of rotatable bonds is 3. The molecule has 2 rings (SSSR count). The zero-order valence-electron chi connectivity index (χ0n) is 14.2. The van der Waals surface area contributed by atoms with E-state index in [0.29, 0.717) is 5.75 Å². The molecule has 0 spiro atoms. The van der Waals surface area contributed by atoms with Crippen molar-refractivity contribution in [1.82, 2.24) is 0 Å². The average Bonchev–Trinajstić information content (AvgIpc) is 2.57. The van der Waals surface area contributed by atoms with E-state index in [9.17, 15) is 0 Å². The summed E-state index contributed by atoms with van der Waals surface area (Å²) in [5, 5.41) is 0. The maximum Gasteiger partial charge on any atom is 0.491 e. The van der Waals surface area contributed by atoms with Crippen LogP contribution < -0.4 is 0 Å². The second-order valence-corrected chi connectivity index (χ2v) is 8.15. The van der Waals surface area contributed by atoms with E-state index in [0.717, 1.165) is 9.95 Å². The topological polar surface area (TPSA) is 18.5 Å². The number of hydrogen-bond donors (Lipinski definition) is 1. The first-order valence-electron chi connectivity index (χ1n) is 7.51. The lowest BCUT2D eigenvalue weighted by atomic mass is 9.77. The predicted octanol–water partition coefficient (Wildman–Crippen LogP) is 5.01. The van der Waals surface area contributed by atoms with Crippen LogP contribution in [0.3, 0.4) is 0 Å². The highest BCUT2D eigenvalue weighted by molar-refractivity contribution is 9.10. The molecule has 0 bridgehead atoms. The molecule has 120 valence electrons. The Labute approximate surface area is 148 Å². The maximum atomic E-state index is 6.14. The number of thiol groups is 1. The Morgan fingerprint density at radius 3 is 2.00 bits per heavy atom. The molecule has 1 aliphatic heterocycles. The Bertz CT molecular complexity index is 572. The molecule has 1 heterocycles. The minimum absolute atomic E-state index is 0.330. The van der Waals surface area contributed by atoms with Crippen LogP contribution >= 0.6 is 28.6 Å². The summed E-state index contributed by atoms with van der Waals surface area (Å²) in [4.78, 5) is 0. The fourth-order valence-electron chi connectivity index (χ4n) is 2.52. The SMILES string of the molecule is Cc1cc(Br)cc(C)c1C=C(CS)B1OC(C)(C)C(C)(C)O1. The van der Waals surface area contributed by atoms with Crippen LogP contribution in [0, 0.1) is 13.8 Å². The monoisotopic (exact) mass is 382 g/mol. The summed E-state index contributed by atoms with van der Waals surface area (Å²) in [5.41, 5.74) is 4.05. The zero-order valence-corrected chi connectivity index (χ0v) is 16.6. The molecular formula is C17H24BBrO2S. The maximum absolute atomic E-state index is 6.14. The molecule has 22 heavy (non-hydrogen) atoms. The minimum atomic E-state index is -0.343. The van der Waals surface area contributed by atoms with Gasteiger partial charge in [-0.2, -0.15) is 12.6 Å². The van der Waals surface area contributed by atoms with Gasteiger partial charge in [0.1, 0.15) is 0 Å². The van der Waals surface area contributed by atoms with Gasteiger partial charge >= 0.3 is 7.12 Å². The van der Waals surface area contributed by atoms with Gasteiger partial charge in [0, 0.05) is 10.2 Å². The fourth-order valence-corrected chi connectivity index (χ4v) is 3.44. The van der Waals surface area contributed by atoms with Gasteiger partial charge in [0.25, 0.3) is 0 Å². The highest BCUT2D eigenvalue weighted by atomic mass is 79.9. The number of hydrogen-bond acceptors (Lipinski definition) is 3. The van der Waals surface area contributed by atoms with Crippen molar-refractivity contribution < 1.29 is 9.31 Å². The summed E-state index contributed by atoms with van der Waals surface area (Å²) in [7, 11) is -0.343. The molecule has 0 radical (unpaired) electrons. The molecule has 1 aromatic carbocycles. The number of aryl methyl sites for hydroxylation is 2. The molecule has 1 aliphatic rings. The van der Waals surface area contributed by atoms with Crippen molar-refractivity contribution in [2.24, 2.45) is 0 Å². The van der Waals surface area contributed by atoms with Crippen molar-refractivity contribution in [3.05, 3.63) is 38.8 Å². The average molecular weight is 383 g/mol. The third-order valence-corrected chi connectivity index (χ3v) is 5.45. The molecule has 0 aromatic heterocycles. The Balaban J connectivity index is 2.38. The quantitative estimate of drug-likeness (QED) is 0.584. The summed E-state index contributed by atoms with van der Waals surface area (Å²) < 4.78 is 13.4. The lowest BCUT2D eigenvalue weighted by Gasteiger charge is -2.32. The normalized spacial score (nSPS) is 20.5. The molecule has 0 aliphatic carbocycles. The van der Waals surface area contributed by atoms with Crippen LogP contribution in [0.25, 0.3) is 6.08 Å². The van der Waals surface area contributed by atoms with Gasteiger partial charge in [0.05, 0.1) is 11.2 Å². The number of benzene rings is 1. The first-order valence-corrected chi connectivity index (χ1v) is 8.93. The molecule has 0 N–H and O–H groups in total. The highest BCUT2D eigenvalue weighted by Gasteiger charge is 2.52. The zero-order chi connectivity index (χ0) is 16.7. The Kier molecular flexibility index (Phi) is 5.23. The van der Waals surface area contributed by atoms with Crippen LogP contribution in [0.4, 0.5) is 0 Å². The van der Waals surface area contributed by atoms with Gasteiger partial charge in [-0.05, 0) is 75.8 Å².